The second kappa shape index (κ2) is 5.98. The van der Waals surface area contributed by atoms with Crippen molar-refractivity contribution in [2.45, 2.75) is 6.10 Å². The maximum Gasteiger partial charge on any atom is 0.334 e. The van der Waals surface area contributed by atoms with Crippen LogP contribution in [0.25, 0.3) is 10.9 Å². The molecule has 104 valence electrons. The summed E-state index contributed by atoms with van der Waals surface area (Å²) in [6, 6.07) is 8.25. The van der Waals surface area contributed by atoms with Gasteiger partial charge in [-0.2, -0.15) is 0 Å². The molecule has 0 saturated carbocycles. The van der Waals surface area contributed by atoms with Gasteiger partial charge in [0.25, 0.3) is 0 Å². The summed E-state index contributed by atoms with van der Waals surface area (Å²) in [7, 11) is 0. The normalized spacial score (nSPS) is 11.8. The topological polar surface area (TPSA) is 112 Å². The number of urea groups is 1. The zero-order chi connectivity index (χ0) is 14.5. The summed E-state index contributed by atoms with van der Waals surface area (Å²) >= 11 is 0. The first kappa shape index (κ1) is 13.8. The maximum absolute atomic E-state index is 11.5. The van der Waals surface area contributed by atoms with Crippen LogP contribution in [0.3, 0.4) is 0 Å². The van der Waals surface area contributed by atoms with Gasteiger partial charge in [-0.15, -0.1) is 0 Å². The van der Waals surface area contributed by atoms with Crippen LogP contribution < -0.4 is 10.6 Å². The predicted molar refractivity (Wildman–Crippen MR) is 72.4 cm³/mol. The second-order valence-corrected chi connectivity index (χ2v) is 4.10. The highest BCUT2D eigenvalue weighted by Gasteiger charge is 2.13. The Morgan fingerprint density at radius 2 is 2.10 bits per heavy atom. The fourth-order valence-electron chi connectivity index (χ4n) is 1.61. The number of nitrogens with zero attached hydrogens (tertiary/aromatic N) is 1. The Kier molecular flexibility index (Phi) is 4.11. The van der Waals surface area contributed by atoms with Crippen LogP contribution in [0.1, 0.15) is 0 Å². The van der Waals surface area contributed by atoms with Crippen molar-refractivity contribution < 1.29 is 19.8 Å². The molecule has 1 aromatic heterocycles. The van der Waals surface area contributed by atoms with Crippen molar-refractivity contribution in [3.63, 3.8) is 0 Å². The number of hydrogen-bond acceptors (Lipinski definition) is 4. The van der Waals surface area contributed by atoms with E-state index in [1.54, 1.807) is 30.5 Å². The van der Waals surface area contributed by atoms with Crippen molar-refractivity contribution in [3.05, 3.63) is 36.5 Å². The highest BCUT2D eigenvalue weighted by molar-refractivity contribution is 5.92. The summed E-state index contributed by atoms with van der Waals surface area (Å²) < 4.78 is 0. The largest absolute Gasteiger partial charge is 0.479 e. The van der Waals surface area contributed by atoms with E-state index in [1.165, 1.54) is 0 Å². The summed E-state index contributed by atoms with van der Waals surface area (Å²) in [5.41, 5.74) is 1.35. The average Bonchev–Trinajstić information content (AvgIpc) is 2.44. The lowest BCUT2D eigenvalue weighted by molar-refractivity contribution is -0.146. The smallest absolute Gasteiger partial charge is 0.334 e. The maximum atomic E-state index is 11.5. The average molecular weight is 275 g/mol. The van der Waals surface area contributed by atoms with E-state index in [9.17, 15) is 9.59 Å². The number of anilines is 1. The van der Waals surface area contributed by atoms with Gasteiger partial charge in [-0.1, -0.05) is 6.07 Å². The van der Waals surface area contributed by atoms with E-state index in [-0.39, 0.29) is 6.54 Å². The summed E-state index contributed by atoms with van der Waals surface area (Å²) in [6.45, 7) is -0.365. The van der Waals surface area contributed by atoms with Gasteiger partial charge in [-0.05, 0) is 24.3 Å². The van der Waals surface area contributed by atoms with Crippen molar-refractivity contribution in [2.24, 2.45) is 0 Å². The van der Waals surface area contributed by atoms with Gasteiger partial charge >= 0.3 is 12.0 Å². The number of benzene rings is 1. The van der Waals surface area contributed by atoms with Gasteiger partial charge < -0.3 is 20.8 Å². The Morgan fingerprint density at radius 3 is 2.85 bits per heavy atom. The third-order valence-electron chi connectivity index (χ3n) is 2.60. The molecule has 1 heterocycles. The SMILES string of the molecule is O=C(NCC(O)C(=O)O)Nc1ccc2ncccc2c1. The lowest BCUT2D eigenvalue weighted by Crippen LogP contribution is -2.38. The first-order chi connectivity index (χ1) is 9.56. The lowest BCUT2D eigenvalue weighted by atomic mass is 10.2. The van der Waals surface area contributed by atoms with Crippen LogP contribution >= 0.6 is 0 Å². The predicted octanol–water partition coefficient (Wildman–Crippen LogP) is 0.802. The van der Waals surface area contributed by atoms with Gasteiger partial charge in [0.15, 0.2) is 6.10 Å². The van der Waals surface area contributed by atoms with E-state index in [1.807, 2.05) is 6.07 Å². The molecule has 1 aromatic carbocycles. The van der Waals surface area contributed by atoms with E-state index in [2.05, 4.69) is 15.6 Å². The Bertz CT molecular complexity index is 644. The van der Waals surface area contributed by atoms with Gasteiger partial charge in [0, 0.05) is 17.3 Å². The van der Waals surface area contributed by atoms with E-state index >= 15 is 0 Å². The number of aliphatic hydroxyl groups is 1. The first-order valence-corrected chi connectivity index (χ1v) is 5.87. The number of nitrogens with one attached hydrogen (secondary N) is 2. The minimum Gasteiger partial charge on any atom is -0.479 e. The number of carboxylic acids is 1. The van der Waals surface area contributed by atoms with Crippen LogP contribution in [-0.4, -0.2) is 39.8 Å². The van der Waals surface area contributed by atoms with E-state index < -0.39 is 18.1 Å². The Hall–Kier alpha value is -2.67. The number of pyridine rings is 1. The van der Waals surface area contributed by atoms with Crippen molar-refractivity contribution >= 4 is 28.6 Å². The number of carbonyl (C=O) groups excluding carboxylic acids is 1. The first-order valence-electron chi connectivity index (χ1n) is 5.87. The Labute approximate surface area is 114 Å². The number of hydrogen-bond donors (Lipinski definition) is 4. The van der Waals surface area contributed by atoms with Gasteiger partial charge in [-0.3, -0.25) is 4.98 Å². The molecule has 0 spiro atoms. The van der Waals surface area contributed by atoms with Crippen LogP contribution in [0.5, 0.6) is 0 Å². The molecule has 2 aromatic rings. The molecule has 1 atom stereocenters. The molecular formula is C13H13N3O4. The van der Waals surface area contributed by atoms with Crippen LogP contribution in [0.2, 0.25) is 0 Å². The van der Waals surface area contributed by atoms with Crippen LogP contribution in [-0.2, 0) is 4.79 Å². The molecule has 20 heavy (non-hydrogen) atoms. The quantitative estimate of drug-likeness (QED) is 0.659. The summed E-state index contributed by atoms with van der Waals surface area (Å²) in [5.74, 6) is -1.39. The number of aliphatic hydroxyl groups excluding tert-OH is 1. The number of carbonyl (C=O) groups is 2. The molecule has 2 amide bonds. The van der Waals surface area contributed by atoms with Crippen molar-refractivity contribution in [1.82, 2.24) is 10.3 Å². The summed E-state index contributed by atoms with van der Waals surface area (Å²) in [4.78, 5) is 26.1. The number of carboxylic acid groups (broad SMARTS) is 1. The van der Waals surface area contributed by atoms with Gasteiger partial charge in [0.1, 0.15) is 0 Å². The van der Waals surface area contributed by atoms with Crippen molar-refractivity contribution in [3.8, 4) is 0 Å². The summed E-state index contributed by atoms with van der Waals surface area (Å²) in [5, 5.41) is 23.2. The Balaban J connectivity index is 1.97. The molecule has 0 aliphatic rings. The van der Waals surface area contributed by atoms with Crippen molar-refractivity contribution in [1.29, 1.82) is 0 Å². The third kappa shape index (κ3) is 3.42. The molecule has 7 heteroatoms. The van der Waals surface area contributed by atoms with Gasteiger partial charge in [0.05, 0.1) is 12.1 Å². The summed E-state index contributed by atoms with van der Waals surface area (Å²) in [6.07, 6.45) is 0.0525. The van der Waals surface area contributed by atoms with E-state index in [0.717, 1.165) is 10.9 Å². The number of aromatic nitrogens is 1. The molecular weight excluding hydrogens is 262 g/mol. The van der Waals surface area contributed by atoms with Crippen LogP contribution in [0.4, 0.5) is 10.5 Å². The van der Waals surface area contributed by atoms with Gasteiger partial charge in [-0.25, -0.2) is 9.59 Å². The number of aliphatic carboxylic acids is 1. The highest BCUT2D eigenvalue weighted by Crippen LogP contribution is 2.16. The molecule has 7 nitrogen and oxygen atoms in total. The molecule has 0 saturated heterocycles. The zero-order valence-electron chi connectivity index (χ0n) is 10.4. The van der Waals surface area contributed by atoms with Crippen LogP contribution in [0, 0.1) is 0 Å². The third-order valence-corrected chi connectivity index (χ3v) is 2.60. The minimum absolute atomic E-state index is 0.365. The lowest BCUT2D eigenvalue weighted by Gasteiger charge is -2.09. The monoisotopic (exact) mass is 275 g/mol. The fraction of sp³-hybridized carbons (Fsp3) is 0.154. The molecule has 0 fully saturated rings. The highest BCUT2D eigenvalue weighted by atomic mass is 16.4. The minimum atomic E-state index is -1.62. The molecule has 2 rings (SSSR count). The Morgan fingerprint density at radius 1 is 1.30 bits per heavy atom. The van der Waals surface area contributed by atoms with Gasteiger partial charge in [0.2, 0.25) is 0 Å². The fourth-order valence-corrected chi connectivity index (χ4v) is 1.61. The van der Waals surface area contributed by atoms with Crippen molar-refractivity contribution in [2.75, 3.05) is 11.9 Å². The van der Waals surface area contributed by atoms with Crippen LogP contribution in [0.15, 0.2) is 36.5 Å². The number of rotatable bonds is 4. The number of fused-ring (bicyclic) bond motifs is 1. The molecule has 0 radical (unpaired) electrons. The molecule has 4 N–H and O–H groups in total. The number of amides is 2. The van der Waals surface area contributed by atoms with E-state index in [4.69, 9.17) is 10.2 Å². The second-order valence-electron chi connectivity index (χ2n) is 4.10. The molecule has 0 aliphatic carbocycles. The molecule has 0 aliphatic heterocycles. The zero-order valence-corrected chi connectivity index (χ0v) is 10.4. The van der Waals surface area contributed by atoms with E-state index in [0.29, 0.717) is 5.69 Å². The molecule has 0 bridgehead atoms. The standard InChI is InChI=1S/C13H13N3O4/c17-11(12(18)19)7-15-13(20)16-9-3-4-10-8(6-9)2-1-5-14-10/h1-6,11,17H,7H2,(H,18,19)(H2,15,16,20). The molecule has 1 unspecified atom stereocenters.